The van der Waals surface area contributed by atoms with Crippen molar-refractivity contribution in [2.24, 2.45) is 0 Å². The molecule has 1 aromatic carbocycles. The number of benzene rings is 1. The number of halogens is 4. The predicted molar refractivity (Wildman–Crippen MR) is 72.7 cm³/mol. The lowest BCUT2D eigenvalue weighted by molar-refractivity contribution is -0.403. The average molecular weight is 291 g/mol. The number of hydrogen-bond acceptors (Lipinski definition) is 1. The van der Waals surface area contributed by atoms with E-state index in [1.54, 1.807) is 7.11 Å². The molecular formula is C13H18BF4NO. The lowest BCUT2D eigenvalue weighted by atomic mass is 9.82. The van der Waals surface area contributed by atoms with Crippen molar-refractivity contribution < 1.29 is 26.6 Å². The van der Waals surface area contributed by atoms with Gasteiger partial charge in [0.1, 0.15) is 12.8 Å². The van der Waals surface area contributed by atoms with Gasteiger partial charge in [0.05, 0.1) is 12.5 Å². The van der Waals surface area contributed by atoms with Crippen molar-refractivity contribution in [1.82, 2.24) is 0 Å². The van der Waals surface area contributed by atoms with Gasteiger partial charge in [0.25, 0.3) is 0 Å². The monoisotopic (exact) mass is 291 g/mol. The quantitative estimate of drug-likeness (QED) is 0.432. The minimum absolute atomic E-state index is 0.110. The van der Waals surface area contributed by atoms with E-state index in [9.17, 15) is 17.3 Å². The average Bonchev–Trinajstić information content (AvgIpc) is 2.49. The van der Waals surface area contributed by atoms with Gasteiger partial charge in [-0.05, 0) is 26.0 Å². The molecule has 1 aliphatic heterocycles. The molecule has 0 radical (unpaired) electrons. The van der Waals surface area contributed by atoms with Crippen molar-refractivity contribution >= 4 is 18.7 Å². The molecule has 0 spiro atoms. The second-order valence-electron chi connectivity index (χ2n) is 5.15. The van der Waals surface area contributed by atoms with Crippen LogP contribution in [0.2, 0.25) is 0 Å². The van der Waals surface area contributed by atoms with Crippen LogP contribution >= 0.6 is 0 Å². The summed E-state index contributed by atoms with van der Waals surface area (Å²) in [5.41, 5.74) is 4.13. The zero-order valence-electron chi connectivity index (χ0n) is 12.2. The van der Waals surface area contributed by atoms with E-state index in [0.717, 1.165) is 5.75 Å². The van der Waals surface area contributed by atoms with Crippen LogP contribution in [0.15, 0.2) is 18.2 Å². The van der Waals surface area contributed by atoms with E-state index < -0.39 is 7.25 Å². The van der Waals surface area contributed by atoms with Crippen molar-refractivity contribution in [2.75, 3.05) is 14.2 Å². The van der Waals surface area contributed by atoms with Gasteiger partial charge in [-0.25, -0.2) is 4.58 Å². The first-order valence-corrected chi connectivity index (χ1v) is 6.12. The SMILES string of the molecule is COc1ccc2c(c1)C(C)(C)C(C)=[N+]2C.F[B-](F)(F)F. The Hall–Kier alpha value is -1.53. The van der Waals surface area contributed by atoms with Crippen LogP contribution in [-0.2, 0) is 5.41 Å². The van der Waals surface area contributed by atoms with Gasteiger partial charge in [-0.15, -0.1) is 0 Å². The van der Waals surface area contributed by atoms with Crippen LogP contribution in [0.25, 0.3) is 0 Å². The molecule has 0 unspecified atom stereocenters. The maximum absolute atomic E-state index is 9.75. The van der Waals surface area contributed by atoms with Crippen LogP contribution in [-0.4, -0.2) is 31.7 Å². The Labute approximate surface area is 116 Å². The standard InChI is InChI=1S/C13H18NO.BF4/c1-9-13(2,3)11-8-10(15-5)6-7-12(11)14(9)4;2-1(3,4)5/h6-8H,1-5H3;/q+1;-1. The maximum Gasteiger partial charge on any atom is 0.673 e. The molecule has 0 aliphatic carbocycles. The third kappa shape index (κ3) is 3.52. The highest BCUT2D eigenvalue weighted by molar-refractivity contribution is 6.50. The lowest BCUT2D eigenvalue weighted by Crippen LogP contribution is -2.25. The Morgan fingerprint density at radius 2 is 1.65 bits per heavy atom. The molecule has 0 bridgehead atoms. The molecular weight excluding hydrogens is 273 g/mol. The van der Waals surface area contributed by atoms with E-state index >= 15 is 0 Å². The minimum atomic E-state index is -6.00. The Balaban J connectivity index is 0.000000347. The first-order chi connectivity index (χ1) is 8.98. The Morgan fingerprint density at radius 1 is 1.15 bits per heavy atom. The summed E-state index contributed by atoms with van der Waals surface area (Å²) in [6, 6.07) is 6.29. The largest absolute Gasteiger partial charge is 0.673 e. The highest BCUT2D eigenvalue weighted by Gasteiger charge is 2.41. The number of fused-ring (bicyclic) bond motifs is 1. The molecule has 0 atom stereocenters. The van der Waals surface area contributed by atoms with Gasteiger partial charge in [-0.3, -0.25) is 0 Å². The van der Waals surface area contributed by atoms with Crippen molar-refractivity contribution in [1.29, 1.82) is 0 Å². The summed E-state index contributed by atoms with van der Waals surface area (Å²) < 4.78 is 46.5. The molecule has 112 valence electrons. The summed E-state index contributed by atoms with van der Waals surface area (Å²) >= 11 is 0. The summed E-state index contributed by atoms with van der Waals surface area (Å²) in [4.78, 5) is 0. The first-order valence-electron chi connectivity index (χ1n) is 6.12. The number of methoxy groups -OCH3 is 1. The zero-order chi connectivity index (χ0) is 15.7. The molecule has 0 saturated heterocycles. The molecule has 0 N–H and O–H groups in total. The third-order valence-corrected chi connectivity index (χ3v) is 3.65. The van der Waals surface area contributed by atoms with E-state index in [-0.39, 0.29) is 5.41 Å². The van der Waals surface area contributed by atoms with E-state index in [4.69, 9.17) is 4.74 Å². The molecule has 0 fully saturated rings. The molecule has 2 nitrogen and oxygen atoms in total. The van der Waals surface area contributed by atoms with Crippen molar-refractivity contribution in [2.45, 2.75) is 26.2 Å². The van der Waals surface area contributed by atoms with Crippen LogP contribution in [0.3, 0.4) is 0 Å². The fourth-order valence-electron chi connectivity index (χ4n) is 2.23. The third-order valence-electron chi connectivity index (χ3n) is 3.65. The summed E-state index contributed by atoms with van der Waals surface area (Å²) in [7, 11) is -2.17. The molecule has 2 rings (SSSR count). The van der Waals surface area contributed by atoms with Crippen LogP contribution in [0, 0.1) is 0 Å². The molecule has 0 aromatic heterocycles. The number of nitrogens with zero attached hydrogens (tertiary/aromatic N) is 1. The van der Waals surface area contributed by atoms with Gasteiger partial charge < -0.3 is 22.0 Å². The smallest absolute Gasteiger partial charge is 0.497 e. The first kappa shape index (κ1) is 16.5. The second kappa shape index (κ2) is 5.46. The lowest BCUT2D eigenvalue weighted by Gasteiger charge is -2.15. The van der Waals surface area contributed by atoms with Crippen LogP contribution in [0.1, 0.15) is 26.3 Å². The van der Waals surface area contributed by atoms with Crippen LogP contribution < -0.4 is 4.74 Å². The topological polar surface area (TPSA) is 12.2 Å². The van der Waals surface area contributed by atoms with E-state index in [1.807, 2.05) is 6.07 Å². The number of ether oxygens (including phenoxy) is 1. The fraction of sp³-hybridized carbons (Fsp3) is 0.462. The van der Waals surface area contributed by atoms with E-state index in [1.165, 1.54) is 17.0 Å². The molecule has 20 heavy (non-hydrogen) atoms. The molecule has 0 saturated carbocycles. The Bertz CT molecular complexity index is 532. The molecule has 1 aliphatic rings. The van der Waals surface area contributed by atoms with E-state index in [2.05, 4.69) is 44.5 Å². The van der Waals surface area contributed by atoms with Gasteiger partial charge in [0.2, 0.25) is 5.69 Å². The van der Waals surface area contributed by atoms with Crippen molar-refractivity contribution in [3.63, 3.8) is 0 Å². The molecule has 1 heterocycles. The highest BCUT2D eigenvalue weighted by Crippen LogP contribution is 2.40. The van der Waals surface area contributed by atoms with Crippen molar-refractivity contribution in [3.05, 3.63) is 23.8 Å². The molecule has 7 heteroatoms. The number of hydrogen-bond donors (Lipinski definition) is 0. The maximum atomic E-state index is 9.75. The predicted octanol–water partition coefficient (Wildman–Crippen LogP) is 4.02. The molecule has 1 aromatic rings. The Kier molecular flexibility index (Phi) is 4.51. The summed E-state index contributed by atoms with van der Waals surface area (Å²) in [6.45, 7) is 6.70. The van der Waals surface area contributed by atoms with Crippen LogP contribution in [0.4, 0.5) is 23.0 Å². The fourth-order valence-corrected chi connectivity index (χ4v) is 2.23. The van der Waals surface area contributed by atoms with Gasteiger partial charge in [-0.2, -0.15) is 0 Å². The summed E-state index contributed by atoms with van der Waals surface area (Å²) in [5, 5.41) is 0. The highest BCUT2D eigenvalue weighted by atomic mass is 19.5. The van der Waals surface area contributed by atoms with Gasteiger partial charge in [0.15, 0.2) is 5.71 Å². The van der Waals surface area contributed by atoms with E-state index in [0.29, 0.717) is 0 Å². The zero-order valence-corrected chi connectivity index (χ0v) is 12.2. The summed E-state index contributed by atoms with van der Waals surface area (Å²) in [5.74, 6) is 0.935. The Morgan fingerprint density at radius 3 is 2.10 bits per heavy atom. The normalized spacial score (nSPS) is 16.4. The van der Waals surface area contributed by atoms with Gasteiger partial charge >= 0.3 is 7.25 Å². The molecule has 0 amide bonds. The number of rotatable bonds is 1. The van der Waals surface area contributed by atoms with Crippen molar-refractivity contribution in [3.8, 4) is 5.75 Å². The summed E-state index contributed by atoms with van der Waals surface area (Å²) in [6.07, 6.45) is 0. The second-order valence-corrected chi connectivity index (χ2v) is 5.15. The van der Waals surface area contributed by atoms with Crippen LogP contribution in [0.5, 0.6) is 5.75 Å². The van der Waals surface area contributed by atoms with Gasteiger partial charge in [0, 0.05) is 18.6 Å². The minimum Gasteiger partial charge on any atom is -0.497 e. The van der Waals surface area contributed by atoms with Gasteiger partial charge in [-0.1, -0.05) is 0 Å².